The normalized spacial score (nSPS) is 26.8. The van der Waals surface area contributed by atoms with E-state index in [1.165, 1.54) is 6.33 Å². The molecule has 6 heteroatoms. The number of hydrogen-bond donors (Lipinski definition) is 1. The predicted octanol–water partition coefficient (Wildman–Crippen LogP) is 1.86. The van der Waals surface area contributed by atoms with E-state index in [1.54, 1.807) is 14.2 Å². The van der Waals surface area contributed by atoms with Crippen molar-refractivity contribution in [2.24, 2.45) is 0 Å². The summed E-state index contributed by atoms with van der Waals surface area (Å²) in [6.07, 6.45) is 3.66. The lowest BCUT2D eigenvalue weighted by molar-refractivity contribution is -0.0733. The summed E-state index contributed by atoms with van der Waals surface area (Å²) in [5.41, 5.74) is 0. The minimum atomic E-state index is 0.0901. The molecule has 2 rings (SSSR count). The molecule has 1 aromatic rings. The van der Waals surface area contributed by atoms with Crippen LogP contribution in [0.5, 0.6) is 11.6 Å². The Morgan fingerprint density at radius 2 is 1.95 bits per heavy atom. The van der Waals surface area contributed by atoms with Gasteiger partial charge in [-0.15, -0.1) is 0 Å². The molecule has 19 heavy (non-hydrogen) atoms. The van der Waals surface area contributed by atoms with Crippen molar-refractivity contribution < 1.29 is 14.2 Å². The van der Waals surface area contributed by atoms with Crippen molar-refractivity contribution in [1.82, 2.24) is 9.97 Å². The minimum Gasteiger partial charge on any atom is -0.489 e. The van der Waals surface area contributed by atoms with Crippen LogP contribution in [0.2, 0.25) is 0 Å². The second-order valence-corrected chi connectivity index (χ2v) is 4.78. The van der Waals surface area contributed by atoms with Gasteiger partial charge in [-0.1, -0.05) is 0 Å². The Morgan fingerprint density at radius 3 is 2.53 bits per heavy atom. The van der Waals surface area contributed by atoms with Gasteiger partial charge in [0.15, 0.2) is 5.82 Å². The lowest BCUT2D eigenvalue weighted by Crippen LogP contribution is -2.36. The quantitative estimate of drug-likeness (QED) is 0.898. The van der Waals surface area contributed by atoms with Gasteiger partial charge in [0.05, 0.1) is 19.3 Å². The number of nitrogens with one attached hydrogen (secondary N) is 1. The highest BCUT2D eigenvalue weighted by Gasteiger charge is 2.27. The summed E-state index contributed by atoms with van der Waals surface area (Å²) in [6.45, 7) is 4.12. The third-order valence-corrected chi connectivity index (χ3v) is 3.14. The van der Waals surface area contributed by atoms with Crippen molar-refractivity contribution in [1.29, 1.82) is 0 Å². The molecular weight excluding hydrogens is 246 g/mol. The van der Waals surface area contributed by atoms with Gasteiger partial charge in [-0.3, -0.25) is 0 Å². The van der Waals surface area contributed by atoms with E-state index in [-0.39, 0.29) is 18.3 Å². The molecule has 1 aromatic heterocycles. The van der Waals surface area contributed by atoms with E-state index in [2.05, 4.69) is 29.1 Å². The average Bonchev–Trinajstić information content (AvgIpc) is 2.37. The molecule has 0 aromatic carbocycles. The fourth-order valence-corrected chi connectivity index (χ4v) is 2.40. The molecule has 0 saturated carbocycles. The molecule has 1 aliphatic rings. The second kappa shape index (κ2) is 6.06. The lowest BCUT2D eigenvalue weighted by atomic mass is 10.0. The zero-order chi connectivity index (χ0) is 13.8. The van der Waals surface area contributed by atoms with E-state index in [0.717, 1.165) is 12.8 Å². The Kier molecular flexibility index (Phi) is 4.42. The summed E-state index contributed by atoms with van der Waals surface area (Å²) < 4.78 is 17.0. The van der Waals surface area contributed by atoms with Crippen molar-refractivity contribution in [3.63, 3.8) is 0 Å². The van der Waals surface area contributed by atoms with Crippen LogP contribution in [-0.4, -0.2) is 42.4 Å². The highest BCUT2D eigenvalue weighted by Crippen LogP contribution is 2.33. The van der Waals surface area contributed by atoms with Crippen molar-refractivity contribution in [2.75, 3.05) is 19.5 Å². The van der Waals surface area contributed by atoms with Gasteiger partial charge in [-0.05, 0) is 13.8 Å². The lowest BCUT2D eigenvalue weighted by Gasteiger charge is -2.32. The van der Waals surface area contributed by atoms with E-state index in [4.69, 9.17) is 14.2 Å². The molecule has 106 valence electrons. The minimum absolute atomic E-state index is 0.0901. The van der Waals surface area contributed by atoms with Gasteiger partial charge >= 0.3 is 0 Å². The van der Waals surface area contributed by atoms with Gasteiger partial charge in [-0.2, -0.15) is 4.98 Å². The first-order valence-electron chi connectivity index (χ1n) is 6.52. The number of nitrogens with zero attached hydrogens (tertiary/aromatic N) is 2. The van der Waals surface area contributed by atoms with Gasteiger partial charge < -0.3 is 19.5 Å². The molecule has 2 heterocycles. The summed E-state index contributed by atoms with van der Waals surface area (Å²) in [5.74, 6) is 1.64. The molecule has 0 amide bonds. The van der Waals surface area contributed by atoms with Crippen molar-refractivity contribution in [3.05, 3.63) is 6.33 Å². The molecule has 2 atom stereocenters. The Bertz CT molecular complexity index is 418. The van der Waals surface area contributed by atoms with Crippen LogP contribution < -0.4 is 14.8 Å². The highest BCUT2D eigenvalue weighted by molar-refractivity contribution is 5.54. The van der Waals surface area contributed by atoms with Crippen LogP contribution in [0.15, 0.2) is 6.33 Å². The van der Waals surface area contributed by atoms with Crippen LogP contribution in [0.4, 0.5) is 5.82 Å². The summed E-state index contributed by atoms with van der Waals surface area (Å²) in [7, 11) is 3.37. The maximum Gasteiger partial charge on any atom is 0.262 e. The van der Waals surface area contributed by atoms with Crippen LogP contribution in [0.3, 0.4) is 0 Å². The molecular formula is C13H21N3O3. The predicted molar refractivity (Wildman–Crippen MR) is 71.8 cm³/mol. The van der Waals surface area contributed by atoms with Gasteiger partial charge in [0.2, 0.25) is 5.75 Å². The maximum atomic E-state index is 5.96. The van der Waals surface area contributed by atoms with Crippen LogP contribution in [0.1, 0.15) is 26.7 Å². The van der Waals surface area contributed by atoms with E-state index >= 15 is 0 Å². The molecule has 2 unspecified atom stereocenters. The van der Waals surface area contributed by atoms with E-state index < -0.39 is 0 Å². The Hall–Kier alpha value is -1.56. The molecule has 0 spiro atoms. The van der Waals surface area contributed by atoms with Gasteiger partial charge in [0, 0.05) is 19.9 Å². The summed E-state index contributed by atoms with van der Waals surface area (Å²) in [6, 6.07) is 0. The topological polar surface area (TPSA) is 65.5 Å². The molecule has 1 fully saturated rings. The summed E-state index contributed by atoms with van der Waals surface area (Å²) in [5, 5.41) is 2.96. The first-order valence-corrected chi connectivity index (χ1v) is 6.52. The molecule has 1 N–H and O–H groups in total. The van der Waals surface area contributed by atoms with E-state index in [9.17, 15) is 0 Å². The monoisotopic (exact) mass is 267 g/mol. The third kappa shape index (κ3) is 3.26. The third-order valence-electron chi connectivity index (χ3n) is 3.14. The standard InChI is InChI=1S/C13H21N3O3/c1-8-5-10(6-9(2)18-8)19-13-11(17-4)12(14-3)15-7-16-13/h7-10H,5-6H2,1-4H3,(H,14,15,16). The summed E-state index contributed by atoms with van der Waals surface area (Å²) in [4.78, 5) is 8.26. The number of hydrogen-bond acceptors (Lipinski definition) is 6. The number of methoxy groups -OCH3 is 1. The Labute approximate surface area is 113 Å². The van der Waals surface area contributed by atoms with Gasteiger partial charge in [0.1, 0.15) is 12.4 Å². The van der Waals surface area contributed by atoms with Gasteiger partial charge in [-0.25, -0.2) is 4.98 Å². The SMILES string of the molecule is CNc1ncnc(OC2CC(C)OC(C)C2)c1OC. The number of ether oxygens (including phenoxy) is 3. The Morgan fingerprint density at radius 1 is 1.26 bits per heavy atom. The summed E-state index contributed by atoms with van der Waals surface area (Å²) >= 11 is 0. The fourth-order valence-electron chi connectivity index (χ4n) is 2.40. The second-order valence-electron chi connectivity index (χ2n) is 4.78. The van der Waals surface area contributed by atoms with Crippen LogP contribution in [0.25, 0.3) is 0 Å². The van der Waals surface area contributed by atoms with Gasteiger partial charge in [0.25, 0.3) is 5.88 Å². The zero-order valence-corrected chi connectivity index (χ0v) is 11.8. The van der Waals surface area contributed by atoms with Crippen molar-refractivity contribution >= 4 is 5.82 Å². The van der Waals surface area contributed by atoms with Crippen LogP contribution in [0, 0.1) is 0 Å². The van der Waals surface area contributed by atoms with E-state index in [1.807, 2.05) is 0 Å². The van der Waals surface area contributed by atoms with Crippen molar-refractivity contribution in [2.45, 2.75) is 45.0 Å². The van der Waals surface area contributed by atoms with Crippen LogP contribution in [-0.2, 0) is 4.74 Å². The maximum absolute atomic E-state index is 5.96. The molecule has 0 aliphatic carbocycles. The first-order chi connectivity index (χ1) is 9.13. The molecule has 0 radical (unpaired) electrons. The smallest absolute Gasteiger partial charge is 0.262 e. The molecule has 1 aliphatic heterocycles. The highest BCUT2D eigenvalue weighted by atomic mass is 16.5. The van der Waals surface area contributed by atoms with Crippen molar-refractivity contribution in [3.8, 4) is 11.6 Å². The molecule has 1 saturated heterocycles. The average molecular weight is 267 g/mol. The molecule has 6 nitrogen and oxygen atoms in total. The number of anilines is 1. The largest absolute Gasteiger partial charge is 0.489 e. The first kappa shape index (κ1) is 13.9. The fraction of sp³-hybridized carbons (Fsp3) is 0.692. The number of aromatic nitrogens is 2. The Balaban J connectivity index is 2.14. The van der Waals surface area contributed by atoms with Crippen LogP contribution >= 0.6 is 0 Å². The zero-order valence-electron chi connectivity index (χ0n) is 11.8. The van der Waals surface area contributed by atoms with E-state index in [0.29, 0.717) is 17.4 Å². The number of rotatable bonds is 4. The molecule has 0 bridgehead atoms.